The van der Waals surface area contributed by atoms with E-state index in [0.29, 0.717) is 0 Å². The molecule has 1 rings (SSSR count). The van der Waals surface area contributed by atoms with E-state index in [0.717, 1.165) is 11.7 Å². The Morgan fingerprint density at radius 3 is 2.45 bits per heavy atom. The molecule has 0 aliphatic heterocycles. The van der Waals surface area contributed by atoms with E-state index in [1.54, 1.807) is 0 Å². The summed E-state index contributed by atoms with van der Waals surface area (Å²) >= 11 is 6.00. The molecule has 0 atom stereocenters. The minimum Gasteiger partial charge on any atom is -0.187 e. The highest BCUT2D eigenvalue weighted by atomic mass is 35.5. The van der Waals surface area contributed by atoms with Gasteiger partial charge in [0.15, 0.2) is 5.69 Å². The van der Waals surface area contributed by atoms with Crippen LogP contribution in [0.4, 0.5) is 0 Å². The molecular formula is C9H13ClN+. The Bertz CT molecular complexity index is 245. The first-order valence-corrected chi connectivity index (χ1v) is 4.19. The first kappa shape index (κ1) is 8.54. The molecule has 0 bridgehead atoms. The lowest BCUT2D eigenvalue weighted by Crippen LogP contribution is -2.37. The molecule has 1 heterocycles. The van der Waals surface area contributed by atoms with Gasteiger partial charge in [0, 0.05) is 19.1 Å². The molecule has 1 aromatic heterocycles. The summed E-state index contributed by atoms with van der Waals surface area (Å²) in [4.78, 5) is 0. The van der Waals surface area contributed by atoms with Gasteiger partial charge in [-0.1, -0.05) is 0 Å². The highest BCUT2D eigenvalue weighted by Crippen LogP contribution is 2.06. The van der Waals surface area contributed by atoms with E-state index >= 15 is 0 Å². The van der Waals surface area contributed by atoms with Crippen LogP contribution in [-0.2, 0) is 6.54 Å². The van der Waals surface area contributed by atoms with E-state index in [-0.39, 0.29) is 0 Å². The van der Waals surface area contributed by atoms with Gasteiger partial charge >= 0.3 is 0 Å². The van der Waals surface area contributed by atoms with Crippen LogP contribution in [0.15, 0.2) is 12.1 Å². The van der Waals surface area contributed by atoms with Crippen molar-refractivity contribution in [2.75, 3.05) is 0 Å². The molecule has 1 aromatic rings. The highest BCUT2D eigenvalue weighted by molar-refractivity contribution is 6.28. The molecule has 0 saturated heterocycles. The van der Waals surface area contributed by atoms with Gasteiger partial charge in [0.05, 0.1) is 0 Å². The number of nitrogens with zero attached hydrogens (tertiary/aromatic N) is 1. The van der Waals surface area contributed by atoms with E-state index in [1.807, 2.05) is 6.07 Å². The monoisotopic (exact) mass is 170 g/mol. The predicted molar refractivity (Wildman–Crippen MR) is 46.8 cm³/mol. The SMILES string of the molecule is CC[n+]1c(C)cc(C)cc1Cl. The zero-order valence-corrected chi connectivity index (χ0v) is 7.94. The lowest BCUT2D eigenvalue weighted by atomic mass is 10.2. The van der Waals surface area contributed by atoms with Crippen LogP contribution in [0.25, 0.3) is 0 Å². The molecule has 0 N–H and O–H groups in total. The molecule has 60 valence electrons. The van der Waals surface area contributed by atoms with Gasteiger partial charge in [-0.25, -0.2) is 0 Å². The summed E-state index contributed by atoms with van der Waals surface area (Å²) in [6.45, 7) is 7.15. The molecule has 11 heavy (non-hydrogen) atoms. The fraction of sp³-hybridized carbons (Fsp3) is 0.444. The van der Waals surface area contributed by atoms with E-state index in [1.165, 1.54) is 11.3 Å². The second-order valence-corrected chi connectivity index (χ2v) is 3.13. The Morgan fingerprint density at radius 1 is 1.36 bits per heavy atom. The lowest BCUT2D eigenvalue weighted by Gasteiger charge is -1.99. The number of pyridine rings is 1. The standard InChI is InChI=1S/C9H13ClN/c1-4-11-8(3)5-7(2)6-9(11)10/h5-6H,4H2,1-3H3/q+1. The summed E-state index contributed by atoms with van der Waals surface area (Å²) < 4.78 is 2.08. The summed E-state index contributed by atoms with van der Waals surface area (Å²) in [5.41, 5.74) is 2.44. The zero-order chi connectivity index (χ0) is 8.43. The van der Waals surface area contributed by atoms with Crippen LogP contribution in [-0.4, -0.2) is 0 Å². The maximum absolute atomic E-state index is 6.00. The molecule has 0 unspecified atom stereocenters. The van der Waals surface area contributed by atoms with E-state index < -0.39 is 0 Å². The first-order valence-electron chi connectivity index (χ1n) is 3.81. The van der Waals surface area contributed by atoms with Gasteiger partial charge in [0.25, 0.3) is 5.15 Å². The minimum atomic E-state index is 0.824. The second kappa shape index (κ2) is 3.22. The number of aromatic nitrogens is 1. The quantitative estimate of drug-likeness (QED) is 0.450. The van der Waals surface area contributed by atoms with Crippen LogP contribution in [0.1, 0.15) is 18.2 Å². The van der Waals surface area contributed by atoms with Crippen molar-refractivity contribution in [2.24, 2.45) is 0 Å². The molecule has 0 saturated carbocycles. The minimum absolute atomic E-state index is 0.824. The van der Waals surface area contributed by atoms with Crippen molar-refractivity contribution in [2.45, 2.75) is 27.3 Å². The van der Waals surface area contributed by atoms with Crippen LogP contribution in [0.5, 0.6) is 0 Å². The van der Waals surface area contributed by atoms with Crippen molar-refractivity contribution in [1.29, 1.82) is 0 Å². The number of aryl methyl sites for hydroxylation is 2. The first-order chi connectivity index (χ1) is 5.15. The molecule has 0 radical (unpaired) electrons. The molecule has 0 fully saturated rings. The third kappa shape index (κ3) is 1.72. The highest BCUT2D eigenvalue weighted by Gasteiger charge is 2.09. The van der Waals surface area contributed by atoms with E-state index in [9.17, 15) is 0 Å². The van der Waals surface area contributed by atoms with Crippen molar-refractivity contribution in [3.05, 3.63) is 28.5 Å². The molecule has 0 aromatic carbocycles. The number of rotatable bonds is 1. The third-order valence-corrected chi connectivity index (χ3v) is 2.10. The number of hydrogen-bond donors (Lipinski definition) is 0. The Morgan fingerprint density at radius 2 is 2.00 bits per heavy atom. The average molecular weight is 171 g/mol. The second-order valence-electron chi connectivity index (χ2n) is 2.74. The van der Waals surface area contributed by atoms with E-state index in [2.05, 4.69) is 31.4 Å². The summed E-state index contributed by atoms with van der Waals surface area (Å²) in [6, 6.07) is 4.12. The van der Waals surface area contributed by atoms with Gasteiger partial charge in [-0.2, -0.15) is 4.57 Å². The van der Waals surface area contributed by atoms with Gasteiger partial charge in [0.1, 0.15) is 6.54 Å². The van der Waals surface area contributed by atoms with Gasteiger partial charge in [-0.05, 0) is 31.0 Å². The smallest absolute Gasteiger partial charge is 0.187 e. The number of halogens is 1. The summed E-state index contributed by atoms with van der Waals surface area (Å²) in [5.74, 6) is 0. The lowest BCUT2D eigenvalue weighted by molar-refractivity contribution is -0.697. The van der Waals surface area contributed by atoms with E-state index in [4.69, 9.17) is 11.6 Å². The van der Waals surface area contributed by atoms with Crippen molar-refractivity contribution in [3.8, 4) is 0 Å². The average Bonchev–Trinajstić information content (AvgIpc) is 1.85. The summed E-state index contributed by atoms with van der Waals surface area (Å²) in [5, 5.41) is 0.824. The van der Waals surface area contributed by atoms with Crippen molar-refractivity contribution in [1.82, 2.24) is 0 Å². The van der Waals surface area contributed by atoms with Crippen molar-refractivity contribution >= 4 is 11.6 Å². The molecule has 0 aliphatic carbocycles. The van der Waals surface area contributed by atoms with Gasteiger partial charge in [-0.15, -0.1) is 0 Å². The topological polar surface area (TPSA) is 3.88 Å². The zero-order valence-electron chi connectivity index (χ0n) is 7.19. The Kier molecular flexibility index (Phi) is 2.50. The fourth-order valence-corrected chi connectivity index (χ4v) is 1.71. The summed E-state index contributed by atoms with van der Waals surface area (Å²) in [7, 11) is 0. The predicted octanol–water partition coefficient (Wildman–Crippen LogP) is 2.26. The Balaban J connectivity index is 3.25. The van der Waals surface area contributed by atoms with Gasteiger partial charge in [-0.3, -0.25) is 0 Å². The van der Waals surface area contributed by atoms with Gasteiger partial charge < -0.3 is 0 Å². The van der Waals surface area contributed by atoms with Crippen LogP contribution in [0.2, 0.25) is 5.15 Å². The fourth-order valence-electron chi connectivity index (χ4n) is 1.28. The maximum Gasteiger partial charge on any atom is 0.275 e. The molecule has 0 amide bonds. The number of hydrogen-bond acceptors (Lipinski definition) is 0. The van der Waals surface area contributed by atoms with Crippen molar-refractivity contribution in [3.63, 3.8) is 0 Å². The van der Waals surface area contributed by atoms with Crippen LogP contribution < -0.4 is 4.57 Å². The molecule has 0 spiro atoms. The maximum atomic E-state index is 6.00. The third-order valence-electron chi connectivity index (χ3n) is 1.78. The molecule has 2 heteroatoms. The Hall–Kier alpha value is -0.560. The molecular weight excluding hydrogens is 158 g/mol. The Labute approximate surface area is 72.6 Å². The normalized spacial score (nSPS) is 10.2. The molecule has 1 nitrogen and oxygen atoms in total. The molecule has 0 aliphatic rings. The van der Waals surface area contributed by atoms with Crippen LogP contribution in [0.3, 0.4) is 0 Å². The largest absolute Gasteiger partial charge is 0.275 e. The summed E-state index contributed by atoms with van der Waals surface area (Å²) in [6.07, 6.45) is 0. The van der Waals surface area contributed by atoms with Crippen LogP contribution in [0, 0.1) is 13.8 Å². The van der Waals surface area contributed by atoms with Crippen molar-refractivity contribution < 1.29 is 4.57 Å². The van der Waals surface area contributed by atoms with Gasteiger partial charge in [0.2, 0.25) is 0 Å². The van der Waals surface area contributed by atoms with Crippen LogP contribution >= 0.6 is 11.6 Å².